The molecule has 0 aromatic rings. The van der Waals surface area contributed by atoms with E-state index in [-0.39, 0.29) is 26.3 Å². The van der Waals surface area contributed by atoms with E-state index in [0.29, 0.717) is 0 Å². The molecule has 0 bridgehead atoms. The molecule has 0 aliphatic heterocycles. The molecule has 1 N–H and O–H groups in total. The maximum Gasteiger partial charge on any atom is 0.111 e. The van der Waals surface area contributed by atoms with Crippen molar-refractivity contribution in [2.45, 2.75) is 46.0 Å². The van der Waals surface area contributed by atoms with Crippen LogP contribution in [-0.4, -0.2) is 26.4 Å². The summed E-state index contributed by atoms with van der Waals surface area (Å²) in [6, 6.07) is 0. The van der Waals surface area contributed by atoms with E-state index in [4.69, 9.17) is 4.55 Å². The number of carbonyl (C=O) groups is 1. The third-order valence-corrected chi connectivity index (χ3v) is 3.38. The molecule has 0 aromatic heterocycles. The van der Waals surface area contributed by atoms with Crippen LogP contribution in [-0.2, 0) is 33.7 Å². The van der Waals surface area contributed by atoms with Crippen LogP contribution in [0.25, 0.3) is 0 Å². The van der Waals surface area contributed by atoms with Crippen molar-refractivity contribution in [1.29, 1.82) is 0 Å². The van der Waals surface area contributed by atoms with Crippen molar-refractivity contribution >= 4 is 42.7 Å². The maximum atomic E-state index is 11.1. The molecule has 0 aliphatic carbocycles. The Hall–Kier alpha value is 1.04. The van der Waals surface area contributed by atoms with E-state index in [2.05, 4.69) is 39.4 Å². The molecule has 17 heavy (non-hydrogen) atoms. The first kappa shape index (κ1) is 23.2. The van der Waals surface area contributed by atoms with Crippen molar-refractivity contribution in [3.05, 3.63) is 0 Å². The van der Waals surface area contributed by atoms with Crippen molar-refractivity contribution in [2.75, 3.05) is 12.3 Å². The standard InChI is InChI=1S/C10H21NOS2.Mo.H2OS/c1-3-5-7-8-11(10(12)13)14-9-6-4-2;;1-2/h3-9H2,1-2H3,(H,12,13);;1-2H/p-1. The van der Waals surface area contributed by atoms with Gasteiger partial charge in [-0.3, -0.25) is 0 Å². The molecule has 0 saturated carbocycles. The van der Waals surface area contributed by atoms with Crippen molar-refractivity contribution in [1.82, 2.24) is 4.31 Å². The molecule has 0 radical (unpaired) electrons. The Kier molecular flexibility index (Phi) is 26.4. The van der Waals surface area contributed by atoms with Gasteiger partial charge in [0.15, 0.2) is 0 Å². The molecule has 0 spiro atoms. The average Bonchev–Trinajstić information content (AvgIpc) is 2.30. The summed E-state index contributed by atoms with van der Waals surface area (Å²) in [4.78, 5) is 11.1. The fourth-order valence-electron chi connectivity index (χ4n) is 1.03. The normalized spacial score (nSPS) is 8.71. The van der Waals surface area contributed by atoms with Gasteiger partial charge in [-0.05, 0) is 37.7 Å². The fraction of sp³-hybridized carbons (Fsp3) is 0.900. The summed E-state index contributed by atoms with van der Waals surface area (Å²) in [5, 5.41) is -0.220. The second-order valence-corrected chi connectivity index (χ2v) is 4.72. The molecule has 104 valence electrons. The molecule has 7 heteroatoms. The van der Waals surface area contributed by atoms with Crippen LogP contribution in [0.1, 0.15) is 46.0 Å². The number of thiol groups is 1. The first-order valence-corrected chi connectivity index (χ1v) is 7.28. The Labute approximate surface area is 135 Å². The molecule has 1 amide bonds. The second kappa shape index (κ2) is 19.4. The van der Waals surface area contributed by atoms with Crippen LogP contribution in [0.15, 0.2) is 0 Å². The van der Waals surface area contributed by atoms with Gasteiger partial charge in [-0.15, -0.1) is 0 Å². The number of carbonyl (C=O) groups excluding carboxylic acids is 1. The van der Waals surface area contributed by atoms with Crippen LogP contribution in [0.3, 0.4) is 0 Å². The third-order valence-electron chi connectivity index (χ3n) is 1.91. The number of amides is 1. The van der Waals surface area contributed by atoms with Crippen LogP contribution in [0, 0.1) is 0 Å². The molecule has 0 saturated heterocycles. The first-order valence-electron chi connectivity index (χ1n) is 5.53. The number of nitrogens with zero attached hydrogens (tertiary/aromatic N) is 1. The van der Waals surface area contributed by atoms with Crippen LogP contribution in [0.2, 0.25) is 0 Å². The zero-order valence-corrected chi connectivity index (χ0v) is 15.0. The predicted octanol–water partition coefficient (Wildman–Crippen LogP) is 3.98. The van der Waals surface area contributed by atoms with Gasteiger partial charge in [-0.25, -0.2) is 0 Å². The zero-order valence-electron chi connectivity index (χ0n) is 10.4. The number of unbranched alkanes of at least 4 members (excludes halogenated alkanes) is 3. The van der Waals surface area contributed by atoms with Crippen molar-refractivity contribution < 1.29 is 30.4 Å². The van der Waals surface area contributed by atoms with Gasteiger partial charge in [0.2, 0.25) is 0 Å². The van der Waals surface area contributed by atoms with Crippen LogP contribution in [0.4, 0.5) is 4.79 Å². The van der Waals surface area contributed by atoms with E-state index >= 15 is 0 Å². The Morgan fingerprint density at radius 1 is 1.24 bits per heavy atom. The summed E-state index contributed by atoms with van der Waals surface area (Å²) in [6.45, 7) is 5.12. The van der Waals surface area contributed by atoms with Crippen LogP contribution in [0.5, 0.6) is 0 Å². The Morgan fingerprint density at radius 3 is 2.18 bits per heavy atom. The molecular weight excluding hydrogens is 358 g/mol. The summed E-state index contributed by atoms with van der Waals surface area (Å²) >= 11 is 8.78. The molecule has 0 atom stereocenters. The summed E-state index contributed by atoms with van der Waals surface area (Å²) in [5.41, 5.74) is 0. The molecule has 0 rings (SSSR count). The zero-order chi connectivity index (χ0) is 12.8. The van der Waals surface area contributed by atoms with Gasteiger partial charge in [0, 0.05) is 33.4 Å². The van der Waals surface area contributed by atoms with Crippen molar-refractivity contribution in [2.24, 2.45) is 0 Å². The van der Waals surface area contributed by atoms with E-state index in [1.54, 1.807) is 16.3 Å². The maximum absolute atomic E-state index is 11.1. The van der Waals surface area contributed by atoms with Crippen LogP contribution < -0.4 is 0 Å². The van der Waals surface area contributed by atoms with Crippen LogP contribution >= 0.6 is 24.9 Å². The van der Waals surface area contributed by atoms with Gasteiger partial charge in [-0.1, -0.05) is 33.1 Å². The average molecular weight is 380 g/mol. The molecule has 0 aromatic carbocycles. The number of hydrogen-bond donors (Lipinski definition) is 2. The predicted molar refractivity (Wildman–Crippen MR) is 78.0 cm³/mol. The van der Waals surface area contributed by atoms with E-state index in [9.17, 15) is 4.79 Å². The fourth-order valence-corrected chi connectivity index (χ4v) is 2.28. The first-order chi connectivity index (χ1) is 7.72. The largest absolute Gasteiger partial charge is 0.718 e. The van der Waals surface area contributed by atoms with E-state index in [0.717, 1.165) is 25.1 Å². The molecule has 0 aliphatic rings. The summed E-state index contributed by atoms with van der Waals surface area (Å²) in [6.07, 6.45) is 5.74. The Bertz CT molecular complexity index is 154. The van der Waals surface area contributed by atoms with E-state index < -0.39 is 0 Å². The minimum absolute atomic E-state index is 0. The monoisotopic (exact) mass is 382 g/mol. The van der Waals surface area contributed by atoms with E-state index in [1.165, 1.54) is 19.3 Å². The molecule has 0 fully saturated rings. The van der Waals surface area contributed by atoms with Gasteiger partial charge in [0.25, 0.3) is 0 Å². The molecule has 3 nitrogen and oxygen atoms in total. The minimum atomic E-state index is -0.220. The Balaban J connectivity index is -0.000000616. The van der Waals surface area contributed by atoms with Crippen molar-refractivity contribution in [3.8, 4) is 0 Å². The second-order valence-electron chi connectivity index (χ2n) is 3.26. The quantitative estimate of drug-likeness (QED) is 0.167. The topological polar surface area (TPSA) is 40.5 Å². The number of rotatable bonds is 8. The smallest absolute Gasteiger partial charge is 0.111 e. The van der Waals surface area contributed by atoms with Gasteiger partial charge in [0.05, 0.1) is 0 Å². The number of hydrogen-bond acceptors (Lipinski definition) is 5. The molecule has 0 unspecified atom stereocenters. The SMILES string of the molecule is CCCCCN(SCCCC)C(=O)[S-].OS.[Mo]. The van der Waals surface area contributed by atoms with Gasteiger partial charge >= 0.3 is 0 Å². The summed E-state index contributed by atoms with van der Waals surface area (Å²) in [7, 11) is 0. The van der Waals surface area contributed by atoms with Gasteiger partial charge in [-0.2, -0.15) is 0 Å². The van der Waals surface area contributed by atoms with Gasteiger partial charge < -0.3 is 26.3 Å². The Morgan fingerprint density at radius 2 is 1.76 bits per heavy atom. The molecular formula is C10H22MoNO2S3-. The van der Waals surface area contributed by atoms with Crippen molar-refractivity contribution in [3.63, 3.8) is 0 Å². The summed E-state index contributed by atoms with van der Waals surface area (Å²) < 4.78 is 8.42. The molecule has 0 heterocycles. The third kappa shape index (κ3) is 17.0. The van der Waals surface area contributed by atoms with Gasteiger partial charge in [0.1, 0.15) is 5.24 Å². The van der Waals surface area contributed by atoms with E-state index in [1.807, 2.05) is 0 Å². The minimum Gasteiger partial charge on any atom is -0.718 e. The summed E-state index contributed by atoms with van der Waals surface area (Å²) in [5.74, 6) is 1.00.